The van der Waals surface area contributed by atoms with E-state index < -0.39 is 5.69 Å². The first-order chi connectivity index (χ1) is 13.1. The summed E-state index contributed by atoms with van der Waals surface area (Å²) in [5, 5.41) is 0. The average Bonchev–Trinajstić information content (AvgIpc) is 2.69. The number of rotatable bonds is 3. The van der Waals surface area contributed by atoms with Gasteiger partial charge in [-0.05, 0) is 24.3 Å². The lowest BCUT2D eigenvalue weighted by molar-refractivity contribution is 0.595. The molecule has 4 rings (SSSR count). The first-order valence-electron chi connectivity index (χ1n) is 8.80. The minimum absolute atomic E-state index is 0.246. The Balaban J connectivity index is 1.55. The number of anilines is 2. The van der Waals surface area contributed by atoms with Crippen LogP contribution in [0.1, 0.15) is 0 Å². The molecule has 1 N–H and O–H groups in total. The van der Waals surface area contributed by atoms with Crippen molar-refractivity contribution in [3.8, 4) is 5.69 Å². The number of hydrogen-bond donors (Lipinski definition) is 1. The highest BCUT2D eigenvalue weighted by molar-refractivity contribution is 5.50. The molecule has 0 aliphatic carbocycles. The fourth-order valence-corrected chi connectivity index (χ4v) is 3.37. The van der Waals surface area contributed by atoms with E-state index in [1.54, 1.807) is 36.4 Å². The van der Waals surface area contributed by atoms with Crippen LogP contribution in [0.5, 0.6) is 0 Å². The van der Waals surface area contributed by atoms with E-state index in [1.165, 1.54) is 12.1 Å². The summed E-state index contributed by atoms with van der Waals surface area (Å²) < 4.78 is 15.1. The van der Waals surface area contributed by atoms with Gasteiger partial charge in [0.2, 0.25) is 0 Å². The fraction of sp³-hybridized carbons (Fsp3) is 0.200. The van der Waals surface area contributed by atoms with Crippen LogP contribution in [0.15, 0.2) is 70.3 Å². The van der Waals surface area contributed by atoms with E-state index in [-0.39, 0.29) is 11.4 Å². The second-order valence-corrected chi connectivity index (χ2v) is 6.39. The van der Waals surface area contributed by atoms with Crippen LogP contribution in [0.3, 0.4) is 0 Å². The van der Waals surface area contributed by atoms with E-state index in [0.29, 0.717) is 43.4 Å². The van der Waals surface area contributed by atoms with E-state index in [9.17, 15) is 14.0 Å². The standard InChI is InChI=1S/C20H19FN4O2/c21-16-8-4-5-9-17(16)23-10-12-24(13-11-23)18-14-19(26)25(20(27)22-18)15-6-2-1-3-7-15/h1-9,14H,10-13H2,(H,22,27). The van der Waals surface area contributed by atoms with Gasteiger partial charge in [-0.15, -0.1) is 0 Å². The lowest BCUT2D eigenvalue weighted by Gasteiger charge is -2.37. The zero-order valence-corrected chi connectivity index (χ0v) is 14.6. The highest BCUT2D eigenvalue weighted by Gasteiger charge is 2.21. The van der Waals surface area contributed by atoms with Gasteiger partial charge in [0, 0.05) is 32.2 Å². The highest BCUT2D eigenvalue weighted by Crippen LogP contribution is 2.21. The number of nitrogens with zero attached hydrogens (tertiary/aromatic N) is 3. The number of H-pyrrole nitrogens is 1. The third-order valence-electron chi connectivity index (χ3n) is 4.75. The van der Waals surface area contributed by atoms with Crippen molar-refractivity contribution in [2.24, 2.45) is 0 Å². The molecule has 6 nitrogen and oxygen atoms in total. The van der Waals surface area contributed by atoms with Gasteiger partial charge in [0.25, 0.3) is 5.56 Å². The number of piperazine rings is 1. The number of hydrogen-bond acceptors (Lipinski definition) is 4. The number of halogens is 1. The van der Waals surface area contributed by atoms with E-state index in [1.807, 2.05) is 21.9 Å². The van der Waals surface area contributed by atoms with Gasteiger partial charge in [-0.25, -0.2) is 13.8 Å². The normalized spacial score (nSPS) is 14.4. The van der Waals surface area contributed by atoms with Crippen molar-refractivity contribution in [1.82, 2.24) is 9.55 Å². The zero-order valence-electron chi connectivity index (χ0n) is 14.6. The largest absolute Gasteiger partial charge is 0.366 e. The predicted molar refractivity (Wildman–Crippen MR) is 103 cm³/mol. The van der Waals surface area contributed by atoms with E-state index in [4.69, 9.17) is 0 Å². The fourth-order valence-electron chi connectivity index (χ4n) is 3.37. The SMILES string of the molecule is O=c1cc(N2CCN(c3ccccc3F)CC2)[nH]c(=O)n1-c1ccccc1. The van der Waals surface area contributed by atoms with Crippen LogP contribution < -0.4 is 21.0 Å². The van der Waals surface area contributed by atoms with Crippen molar-refractivity contribution in [3.63, 3.8) is 0 Å². The maximum atomic E-state index is 14.0. The molecule has 0 bridgehead atoms. The Morgan fingerprint density at radius 1 is 0.815 bits per heavy atom. The van der Waals surface area contributed by atoms with Gasteiger partial charge in [0.1, 0.15) is 11.6 Å². The maximum Gasteiger partial charge on any atom is 0.334 e. The third kappa shape index (κ3) is 3.36. The van der Waals surface area contributed by atoms with Crippen LogP contribution >= 0.6 is 0 Å². The molecule has 0 amide bonds. The van der Waals surface area contributed by atoms with Crippen LogP contribution in [0.25, 0.3) is 5.69 Å². The molecule has 1 fully saturated rings. The summed E-state index contributed by atoms with van der Waals surface area (Å²) in [6.07, 6.45) is 0. The smallest absolute Gasteiger partial charge is 0.334 e. The molecule has 0 radical (unpaired) electrons. The summed E-state index contributed by atoms with van der Waals surface area (Å²) >= 11 is 0. The van der Waals surface area contributed by atoms with Gasteiger partial charge in [-0.3, -0.25) is 9.78 Å². The van der Waals surface area contributed by atoms with Gasteiger partial charge in [-0.1, -0.05) is 30.3 Å². The van der Waals surface area contributed by atoms with Crippen molar-refractivity contribution in [2.75, 3.05) is 36.0 Å². The lowest BCUT2D eigenvalue weighted by Crippen LogP contribution is -2.48. The molecule has 2 aromatic carbocycles. The zero-order chi connectivity index (χ0) is 18.8. The molecule has 138 valence electrons. The molecule has 0 unspecified atom stereocenters. The van der Waals surface area contributed by atoms with E-state index in [0.717, 1.165) is 4.57 Å². The monoisotopic (exact) mass is 366 g/mol. The Labute approximate surface area is 155 Å². The summed E-state index contributed by atoms with van der Waals surface area (Å²) in [6.45, 7) is 2.37. The van der Waals surface area contributed by atoms with Gasteiger partial charge < -0.3 is 9.80 Å². The Morgan fingerprint density at radius 3 is 2.11 bits per heavy atom. The molecule has 1 aliphatic heterocycles. The maximum absolute atomic E-state index is 14.0. The number of aromatic nitrogens is 2. The van der Waals surface area contributed by atoms with Crippen molar-refractivity contribution < 1.29 is 4.39 Å². The summed E-state index contributed by atoms with van der Waals surface area (Å²) in [5.74, 6) is 0.246. The Kier molecular flexibility index (Phi) is 4.50. The lowest BCUT2D eigenvalue weighted by atomic mass is 10.2. The van der Waals surface area contributed by atoms with E-state index in [2.05, 4.69) is 4.98 Å². The number of para-hydroxylation sites is 2. The minimum Gasteiger partial charge on any atom is -0.366 e. The van der Waals surface area contributed by atoms with Gasteiger partial charge in [0.05, 0.1) is 11.4 Å². The van der Waals surface area contributed by atoms with Crippen LogP contribution in [0, 0.1) is 5.82 Å². The molecular weight excluding hydrogens is 347 g/mol. The third-order valence-corrected chi connectivity index (χ3v) is 4.75. The summed E-state index contributed by atoms with van der Waals surface area (Å²) in [4.78, 5) is 31.6. The minimum atomic E-state index is -0.472. The van der Waals surface area contributed by atoms with Crippen LogP contribution in [0.2, 0.25) is 0 Å². The van der Waals surface area contributed by atoms with Gasteiger partial charge in [0.15, 0.2) is 0 Å². The van der Waals surface area contributed by atoms with Crippen molar-refractivity contribution >= 4 is 11.5 Å². The molecule has 0 spiro atoms. The van der Waals surface area contributed by atoms with Crippen LogP contribution in [-0.4, -0.2) is 35.7 Å². The quantitative estimate of drug-likeness (QED) is 0.770. The first-order valence-corrected chi connectivity index (χ1v) is 8.80. The Bertz CT molecular complexity index is 1020. The Morgan fingerprint density at radius 2 is 1.44 bits per heavy atom. The summed E-state index contributed by atoms with van der Waals surface area (Å²) in [5.41, 5.74) is 0.251. The van der Waals surface area contributed by atoms with Crippen LogP contribution in [-0.2, 0) is 0 Å². The first kappa shape index (κ1) is 17.1. The molecule has 3 aromatic rings. The molecule has 2 heterocycles. The van der Waals surface area contributed by atoms with Crippen molar-refractivity contribution in [3.05, 3.63) is 87.3 Å². The van der Waals surface area contributed by atoms with Crippen molar-refractivity contribution in [2.45, 2.75) is 0 Å². The van der Waals surface area contributed by atoms with Gasteiger partial charge in [-0.2, -0.15) is 0 Å². The second kappa shape index (κ2) is 7.11. The molecule has 7 heteroatoms. The van der Waals surface area contributed by atoms with E-state index >= 15 is 0 Å². The number of benzene rings is 2. The summed E-state index contributed by atoms with van der Waals surface area (Å²) in [7, 11) is 0. The topological polar surface area (TPSA) is 61.3 Å². The number of aromatic amines is 1. The molecule has 1 aromatic heterocycles. The predicted octanol–water partition coefficient (Wildman–Crippen LogP) is 1.99. The molecule has 27 heavy (non-hydrogen) atoms. The molecule has 1 saturated heterocycles. The molecule has 1 aliphatic rings. The average molecular weight is 366 g/mol. The molecular formula is C20H19FN4O2. The second-order valence-electron chi connectivity index (χ2n) is 6.39. The van der Waals surface area contributed by atoms with Crippen molar-refractivity contribution in [1.29, 1.82) is 0 Å². The Hall–Kier alpha value is -3.35. The molecule has 0 saturated carbocycles. The molecule has 0 atom stereocenters. The number of nitrogens with one attached hydrogen (secondary N) is 1. The summed E-state index contributed by atoms with van der Waals surface area (Å²) in [6, 6.07) is 16.9. The highest BCUT2D eigenvalue weighted by atomic mass is 19.1. The van der Waals surface area contributed by atoms with Crippen LogP contribution in [0.4, 0.5) is 15.9 Å². The van der Waals surface area contributed by atoms with Gasteiger partial charge >= 0.3 is 5.69 Å².